The van der Waals surface area contributed by atoms with Gasteiger partial charge < -0.3 is 49.6 Å². The lowest BCUT2D eigenvalue weighted by Gasteiger charge is -2.13. The summed E-state index contributed by atoms with van der Waals surface area (Å²) in [7, 11) is 8.52. The third-order valence-corrected chi connectivity index (χ3v) is 8.28. The minimum absolute atomic E-state index is 0.0288. The zero-order valence-corrected chi connectivity index (χ0v) is 30.6. The average molecular weight is 774 g/mol. The molecule has 0 aliphatic carbocycles. The van der Waals surface area contributed by atoms with E-state index in [0.29, 0.717) is 58.2 Å². The lowest BCUT2D eigenvalue weighted by Crippen LogP contribution is -2.30. The van der Waals surface area contributed by atoms with E-state index in [4.69, 9.17) is 9.83 Å². The molecule has 0 aliphatic heterocycles. The van der Waals surface area contributed by atoms with E-state index in [1.54, 1.807) is 103 Å². The summed E-state index contributed by atoms with van der Waals surface area (Å²) < 4.78 is 10.6. The second-order valence-electron chi connectivity index (χ2n) is 12.1. The first-order chi connectivity index (χ1) is 24.6. The Kier molecular flexibility index (Phi) is 10.8. The summed E-state index contributed by atoms with van der Waals surface area (Å²) in [4.78, 5) is 65.7. The number of amidine groups is 1. The van der Waals surface area contributed by atoms with Crippen LogP contribution >= 0.6 is 15.9 Å². The number of aryl methyl sites for hydroxylation is 3. The number of carbonyl (C=O) groups excluding carboxylic acids is 5. The van der Waals surface area contributed by atoms with Crippen molar-refractivity contribution in [1.82, 2.24) is 23.9 Å². The van der Waals surface area contributed by atoms with E-state index in [1.807, 2.05) is 0 Å². The number of hydrogen-bond acceptors (Lipinski definition) is 7. The van der Waals surface area contributed by atoms with Crippen LogP contribution in [0.15, 0.2) is 76.5 Å². The first-order valence-electron chi connectivity index (χ1n) is 15.7. The molecule has 0 bridgehead atoms. The Labute approximate surface area is 306 Å². The van der Waals surface area contributed by atoms with Crippen LogP contribution in [-0.4, -0.2) is 74.6 Å². The van der Waals surface area contributed by atoms with E-state index < -0.39 is 23.6 Å². The number of nitrogens with zero attached hydrogens (tertiary/aromatic N) is 4. The van der Waals surface area contributed by atoms with E-state index in [1.165, 1.54) is 12.1 Å². The van der Waals surface area contributed by atoms with Crippen LogP contribution in [0, 0.1) is 5.41 Å². The van der Waals surface area contributed by atoms with Crippen LogP contribution in [0.5, 0.6) is 0 Å². The van der Waals surface area contributed by atoms with Gasteiger partial charge in [0.15, 0.2) is 5.76 Å². The van der Waals surface area contributed by atoms with Gasteiger partial charge in [0.25, 0.3) is 29.5 Å². The van der Waals surface area contributed by atoms with Crippen molar-refractivity contribution >= 4 is 85.0 Å². The van der Waals surface area contributed by atoms with Gasteiger partial charge >= 0.3 is 0 Å². The Morgan fingerprint density at radius 3 is 1.73 bits per heavy atom. The highest BCUT2D eigenvalue weighted by molar-refractivity contribution is 9.12. The number of nitrogens with one attached hydrogen (secondary N) is 6. The number of fused-ring (bicyclic) bond motifs is 1. The molecule has 16 nitrogen and oxygen atoms in total. The Morgan fingerprint density at radius 1 is 0.731 bits per heavy atom. The minimum Gasteiger partial charge on any atom is -0.451 e. The summed E-state index contributed by atoms with van der Waals surface area (Å²) in [6.07, 6.45) is 5.15. The van der Waals surface area contributed by atoms with Crippen molar-refractivity contribution in [2.24, 2.45) is 21.1 Å². The molecule has 0 unspecified atom stereocenters. The number of rotatable bonds is 12. The van der Waals surface area contributed by atoms with Crippen molar-refractivity contribution in [1.29, 1.82) is 5.41 Å². The van der Waals surface area contributed by atoms with Crippen LogP contribution in [0.3, 0.4) is 0 Å². The molecule has 4 heterocycles. The SMILES string of the molecule is C=C(Br)C(=O)Nc1ccc2oc(C(=O)Nc3cc(C(=O)Nc4cc(C(=O)Nc5cc(C(=O)NCCC(=N)N(C)C)n(C)c5)n(C)c4)n(C)c3)cc2c1. The smallest absolute Gasteiger partial charge is 0.291 e. The van der Waals surface area contributed by atoms with Crippen LogP contribution in [0.25, 0.3) is 11.0 Å². The topological polar surface area (TPSA) is 201 Å². The Morgan fingerprint density at radius 2 is 1.23 bits per heavy atom. The van der Waals surface area contributed by atoms with Crippen LogP contribution in [0.1, 0.15) is 48.4 Å². The first-order valence-corrected chi connectivity index (χ1v) is 16.5. The Hall–Kier alpha value is -6.36. The molecule has 5 aromatic rings. The standard InChI is InChI=1S/C35H37BrN10O6/c1-19(36)31(47)39-21-7-8-28-20(11-21)12-29(52-28)35(51)42-24-15-27(46(6)18-24)34(50)41-23-14-26(45(5)17-23)33(49)40-22-13-25(44(4)16-22)32(48)38-10-9-30(37)43(2)3/h7-8,11-18,37H,1,9-10H2,2-6H3,(H,38,48)(H,39,47)(H,40,49)(H,41,50)(H,42,51). The largest absolute Gasteiger partial charge is 0.451 e. The number of furan rings is 1. The molecule has 5 amide bonds. The van der Waals surface area contributed by atoms with Gasteiger partial charge in [-0.15, -0.1) is 0 Å². The molecule has 0 fully saturated rings. The van der Waals surface area contributed by atoms with Crippen molar-refractivity contribution in [2.75, 3.05) is 41.9 Å². The molecule has 0 atom stereocenters. The number of halogens is 1. The molecule has 270 valence electrons. The molecule has 0 saturated heterocycles. The number of benzene rings is 1. The number of carbonyl (C=O) groups is 5. The third kappa shape index (κ3) is 8.50. The van der Waals surface area contributed by atoms with Gasteiger partial charge in [-0.1, -0.05) is 6.58 Å². The van der Waals surface area contributed by atoms with Crippen LogP contribution in [-0.2, 0) is 25.9 Å². The summed E-state index contributed by atoms with van der Waals surface area (Å²) in [5, 5.41) is 22.2. The second-order valence-corrected chi connectivity index (χ2v) is 13.1. The van der Waals surface area contributed by atoms with Crippen molar-refractivity contribution in [3.8, 4) is 0 Å². The molecule has 0 aliphatic rings. The lowest BCUT2D eigenvalue weighted by atomic mass is 10.2. The van der Waals surface area contributed by atoms with Gasteiger partial charge in [0.1, 0.15) is 22.7 Å². The number of hydrogen-bond donors (Lipinski definition) is 6. The van der Waals surface area contributed by atoms with Gasteiger partial charge in [-0.2, -0.15) is 0 Å². The van der Waals surface area contributed by atoms with E-state index in [-0.39, 0.29) is 27.5 Å². The molecular formula is C35H37BrN10O6. The lowest BCUT2D eigenvalue weighted by molar-refractivity contribution is -0.112. The molecule has 5 rings (SSSR count). The Bertz CT molecular complexity index is 2260. The summed E-state index contributed by atoms with van der Waals surface area (Å²) in [6, 6.07) is 11.0. The maximum absolute atomic E-state index is 13.2. The zero-order valence-electron chi connectivity index (χ0n) is 29.0. The fraction of sp³-hybridized carbons (Fsp3) is 0.200. The molecule has 4 aromatic heterocycles. The zero-order chi connectivity index (χ0) is 37.9. The minimum atomic E-state index is -0.542. The van der Waals surface area contributed by atoms with Crippen LogP contribution < -0.4 is 26.6 Å². The number of anilines is 4. The number of aromatic nitrogens is 3. The molecule has 0 saturated carbocycles. The van der Waals surface area contributed by atoms with E-state index in [0.717, 1.165) is 0 Å². The molecule has 6 N–H and O–H groups in total. The predicted octanol–water partition coefficient (Wildman–Crippen LogP) is 4.71. The van der Waals surface area contributed by atoms with Gasteiger partial charge in [0.05, 0.1) is 27.4 Å². The fourth-order valence-electron chi connectivity index (χ4n) is 5.20. The third-order valence-electron chi connectivity index (χ3n) is 7.92. The summed E-state index contributed by atoms with van der Waals surface area (Å²) >= 11 is 3.03. The van der Waals surface area contributed by atoms with E-state index in [9.17, 15) is 24.0 Å². The van der Waals surface area contributed by atoms with E-state index in [2.05, 4.69) is 49.1 Å². The first kappa shape index (κ1) is 36.9. The van der Waals surface area contributed by atoms with Crippen molar-refractivity contribution in [3.63, 3.8) is 0 Å². The van der Waals surface area contributed by atoms with E-state index >= 15 is 0 Å². The highest BCUT2D eigenvalue weighted by atomic mass is 79.9. The highest BCUT2D eigenvalue weighted by Gasteiger charge is 2.20. The van der Waals surface area contributed by atoms with Gasteiger partial charge in [0.2, 0.25) is 0 Å². The maximum atomic E-state index is 13.2. The second kappa shape index (κ2) is 15.3. The van der Waals surface area contributed by atoms with Crippen molar-refractivity contribution < 1.29 is 28.4 Å². The Balaban J connectivity index is 1.19. The van der Waals surface area contributed by atoms with Crippen molar-refractivity contribution in [2.45, 2.75) is 6.42 Å². The summed E-state index contributed by atoms with van der Waals surface area (Å²) in [6.45, 7) is 3.83. The van der Waals surface area contributed by atoms with Gasteiger partial charge in [-0.05, 0) is 58.4 Å². The molecule has 17 heteroatoms. The molecule has 1 aromatic carbocycles. The van der Waals surface area contributed by atoms with Gasteiger partial charge in [-0.3, -0.25) is 29.4 Å². The van der Waals surface area contributed by atoms with Gasteiger partial charge in [0, 0.05) is 77.9 Å². The number of amides is 5. The molecule has 0 spiro atoms. The van der Waals surface area contributed by atoms with Crippen LogP contribution in [0.4, 0.5) is 22.7 Å². The highest BCUT2D eigenvalue weighted by Crippen LogP contribution is 2.25. The van der Waals surface area contributed by atoms with Gasteiger partial charge in [-0.25, -0.2) is 0 Å². The predicted molar refractivity (Wildman–Crippen MR) is 201 cm³/mol. The molecular weight excluding hydrogens is 736 g/mol. The monoisotopic (exact) mass is 772 g/mol. The normalized spacial score (nSPS) is 10.8. The van der Waals surface area contributed by atoms with Crippen LogP contribution in [0.2, 0.25) is 0 Å². The van der Waals surface area contributed by atoms with Crippen molar-refractivity contribution in [3.05, 3.63) is 95.0 Å². The summed E-state index contributed by atoms with van der Waals surface area (Å²) in [5.74, 6) is -1.81. The fourth-order valence-corrected chi connectivity index (χ4v) is 5.30. The maximum Gasteiger partial charge on any atom is 0.291 e. The molecule has 52 heavy (non-hydrogen) atoms. The molecule has 0 radical (unpaired) electrons. The average Bonchev–Trinajstić information content (AvgIpc) is 3.85. The quantitative estimate of drug-likeness (QED) is 0.0599. The summed E-state index contributed by atoms with van der Waals surface area (Å²) in [5.41, 5.74) is 2.87.